The molecule has 8 heteroatoms. The first-order valence-electron chi connectivity index (χ1n) is 6.94. The molecule has 2 amide bonds. The van der Waals surface area contributed by atoms with Gasteiger partial charge in [0.2, 0.25) is 11.8 Å². The average molecular weight is 336 g/mol. The highest BCUT2D eigenvalue weighted by atomic mass is 35.5. The highest BCUT2D eigenvalue weighted by Gasteiger charge is 2.21. The Kier molecular flexibility index (Phi) is 5.36. The van der Waals surface area contributed by atoms with Crippen LogP contribution in [0.15, 0.2) is 30.6 Å². The second-order valence-electron chi connectivity index (χ2n) is 5.03. The fourth-order valence-corrected chi connectivity index (χ4v) is 2.37. The molecule has 0 saturated carbocycles. The molecule has 3 N–H and O–H groups in total. The van der Waals surface area contributed by atoms with Crippen LogP contribution in [0, 0.1) is 0 Å². The minimum absolute atomic E-state index is 0.190. The first-order chi connectivity index (χ1) is 10.9. The molecule has 0 radical (unpaired) electrons. The molecule has 0 aliphatic heterocycles. The number of benzene rings is 1. The van der Waals surface area contributed by atoms with Gasteiger partial charge < -0.3 is 16.0 Å². The fourth-order valence-electron chi connectivity index (χ4n) is 2.14. The predicted octanol–water partition coefficient (Wildman–Crippen LogP) is 1.93. The summed E-state index contributed by atoms with van der Waals surface area (Å²) in [4.78, 5) is 23.5. The van der Waals surface area contributed by atoms with Gasteiger partial charge in [0.1, 0.15) is 6.04 Å². The molecule has 1 heterocycles. The molecule has 0 aliphatic rings. The second kappa shape index (κ2) is 7.26. The van der Waals surface area contributed by atoms with Gasteiger partial charge in [-0.25, -0.2) is 0 Å². The maximum Gasteiger partial charge on any atom is 0.246 e. The van der Waals surface area contributed by atoms with Gasteiger partial charge in [-0.2, -0.15) is 5.10 Å². The Morgan fingerprint density at radius 2 is 2.04 bits per heavy atom. The molecule has 7 nitrogen and oxygen atoms in total. The van der Waals surface area contributed by atoms with E-state index in [9.17, 15) is 9.59 Å². The van der Waals surface area contributed by atoms with Crippen LogP contribution in [0.1, 0.15) is 18.5 Å². The summed E-state index contributed by atoms with van der Waals surface area (Å²) >= 11 is 6.15. The van der Waals surface area contributed by atoms with E-state index < -0.39 is 6.04 Å². The molecule has 23 heavy (non-hydrogen) atoms. The summed E-state index contributed by atoms with van der Waals surface area (Å²) in [6.45, 7) is 1.41. The maximum atomic E-state index is 12.4. The molecule has 0 spiro atoms. The summed E-state index contributed by atoms with van der Waals surface area (Å²) in [6, 6.07) is 4.34. The molecule has 1 unspecified atom stereocenters. The lowest BCUT2D eigenvalue weighted by atomic mass is 10.1. The number of amides is 2. The van der Waals surface area contributed by atoms with Gasteiger partial charge in [-0.1, -0.05) is 11.6 Å². The number of anilines is 2. The van der Waals surface area contributed by atoms with Crippen molar-refractivity contribution in [2.75, 3.05) is 17.7 Å². The highest BCUT2D eigenvalue weighted by Crippen LogP contribution is 2.26. The third-order valence-corrected chi connectivity index (χ3v) is 3.47. The number of rotatable bonds is 5. The van der Waals surface area contributed by atoms with E-state index in [-0.39, 0.29) is 11.8 Å². The first-order valence-corrected chi connectivity index (χ1v) is 7.32. The number of hydrogen-bond donors (Lipinski definition) is 3. The van der Waals surface area contributed by atoms with Crippen molar-refractivity contribution in [1.82, 2.24) is 15.1 Å². The van der Waals surface area contributed by atoms with E-state index in [1.165, 1.54) is 6.92 Å². The van der Waals surface area contributed by atoms with Crippen LogP contribution in [0.2, 0.25) is 5.02 Å². The Labute approximate surface area is 139 Å². The third kappa shape index (κ3) is 4.30. The van der Waals surface area contributed by atoms with Crippen LogP contribution in [0.3, 0.4) is 0 Å². The number of halogens is 1. The van der Waals surface area contributed by atoms with Crippen molar-refractivity contribution in [2.24, 2.45) is 7.05 Å². The van der Waals surface area contributed by atoms with Crippen LogP contribution < -0.4 is 16.0 Å². The van der Waals surface area contributed by atoms with Crippen LogP contribution in [-0.4, -0.2) is 28.6 Å². The normalized spacial score (nSPS) is 11.8. The number of nitrogens with zero attached hydrogens (tertiary/aromatic N) is 2. The van der Waals surface area contributed by atoms with Crippen molar-refractivity contribution in [1.29, 1.82) is 0 Å². The van der Waals surface area contributed by atoms with E-state index in [2.05, 4.69) is 21.0 Å². The monoisotopic (exact) mass is 335 g/mol. The summed E-state index contributed by atoms with van der Waals surface area (Å²) in [5, 5.41) is 12.7. The number of nitrogens with one attached hydrogen (secondary N) is 3. The van der Waals surface area contributed by atoms with Gasteiger partial charge in [0.05, 0.1) is 16.9 Å². The quantitative estimate of drug-likeness (QED) is 0.779. The first kappa shape index (κ1) is 17.0. The van der Waals surface area contributed by atoms with Gasteiger partial charge in [0, 0.05) is 31.4 Å². The molecule has 2 aromatic rings. The van der Waals surface area contributed by atoms with E-state index in [4.69, 9.17) is 11.6 Å². The smallest absolute Gasteiger partial charge is 0.246 e. The summed E-state index contributed by atoms with van der Waals surface area (Å²) < 4.78 is 1.63. The van der Waals surface area contributed by atoms with Crippen molar-refractivity contribution in [3.63, 3.8) is 0 Å². The van der Waals surface area contributed by atoms with Gasteiger partial charge in [-0.05, 0) is 25.2 Å². The second-order valence-corrected chi connectivity index (χ2v) is 5.44. The lowest BCUT2D eigenvalue weighted by Gasteiger charge is -2.15. The summed E-state index contributed by atoms with van der Waals surface area (Å²) in [5.41, 5.74) is 1.78. The zero-order valence-corrected chi connectivity index (χ0v) is 13.8. The summed E-state index contributed by atoms with van der Waals surface area (Å²) in [6.07, 6.45) is 3.39. The van der Waals surface area contributed by atoms with Crippen molar-refractivity contribution >= 4 is 34.8 Å². The lowest BCUT2D eigenvalue weighted by Crippen LogP contribution is -2.30. The van der Waals surface area contributed by atoms with Crippen molar-refractivity contribution in [3.05, 3.63) is 41.2 Å². The number of likely N-dealkylation sites (N-methyl/N-ethyl adjacent to an activating group) is 1. The molecule has 1 atom stereocenters. The molecule has 2 rings (SSSR count). The zero-order chi connectivity index (χ0) is 17.0. The number of hydrogen-bond acceptors (Lipinski definition) is 4. The standard InChI is InChI=1S/C15H18ClN5O2/c1-9(22)19-11-4-5-13(12(16)6-11)20-15(23)14(17-2)10-7-18-21(3)8-10/h4-8,14,17H,1-3H3,(H,19,22)(H,20,23). The Balaban J connectivity index is 2.14. The molecule has 122 valence electrons. The van der Waals surface area contributed by atoms with Gasteiger partial charge >= 0.3 is 0 Å². The third-order valence-electron chi connectivity index (χ3n) is 3.16. The Bertz CT molecular complexity index is 728. The number of aryl methyl sites for hydroxylation is 1. The zero-order valence-electron chi connectivity index (χ0n) is 13.1. The molecular weight excluding hydrogens is 318 g/mol. The van der Waals surface area contributed by atoms with Gasteiger partial charge in [0.25, 0.3) is 0 Å². The SMILES string of the molecule is CNC(C(=O)Nc1ccc(NC(C)=O)cc1Cl)c1cnn(C)c1. The van der Waals surface area contributed by atoms with Crippen LogP contribution in [0.25, 0.3) is 0 Å². The predicted molar refractivity (Wildman–Crippen MR) is 89.4 cm³/mol. The highest BCUT2D eigenvalue weighted by molar-refractivity contribution is 6.34. The topological polar surface area (TPSA) is 88.1 Å². The summed E-state index contributed by atoms with van der Waals surface area (Å²) in [5.74, 6) is -0.445. The van der Waals surface area contributed by atoms with Crippen molar-refractivity contribution in [2.45, 2.75) is 13.0 Å². The molecule has 0 saturated heterocycles. The maximum absolute atomic E-state index is 12.4. The number of aromatic nitrogens is 2. The number of carbonyl (C=O) groups is 2. The largest absolute Gasteiger partial charge is 0.326 e. The molecular formula is C15H18ClN5O2. The molecule has 0 aliphatic carbocycles. The molecule has 1 aromatic carbocycles. The van der Waals surface area contributed by atoms with E-state index in [0.717, 1.165) is 5.56 Å². The van der Waals surface area contributed by atoms with E-state index >= 15 is 0 Å². The van der Waals surface area contributed by atoms with Crippen molar-refractivity contribution < 1.29 is 9.59 Å². The number of carbonyl (C=O) groups excluding carboxylic acids is 2. The van der Waals surface area contributed by atoms with Crippen molar-refractivity contribution in [3.8, 4) is 0 Å². The van der Waals surface area contributed by atoms with E-state index in [0.29, 0.717) is 16.4 Å². The minimum Gasteiger partial charge on any atom is -0.326 e. The van der Waals surface area contributed by atoms with Gasteiger partial charge in [-0.3, -0.25) is 14.3 Å². The van der Waals surface area contributed by atoms with E-state index in [1.54, 1.807) is 49.4 Å². The van der Waals surface area contributed by atoms with Crippen LogP contribution in [0.5, 0.6) is 0 Å². The van der Waals surface area contributed by atoms with Crippen LogP contribution in [-0.2, 0) is 16.6 Å². The molecule has 0 fully saturated rings. The van der Waals surface area contributed by atoms with Gasteiger partial charge in [0.15, 0.2) is 0 Å². The lowest BCUT2D eigenvalue weighted by molar-refractivity contribution is -0.118. The minimum atomic E-state index is -0.546. The molecule has 0 bridgehead atoms. The molecule has 1 aromatic heterocycles. The fraction of sp³-hybridized carbons (Fsp3) is 0.267. The Morgan fingerprint density at radius 3 is 2.57 bits per heavy atom. The van der Waals surface area contributed by atoms with Crippen LogP contribution >= 0.6 is 11.6 Å². The Morgan fingerprint density at radius 1 is 1.30 bits per heavy atom. The van der Waals surface area contributed by atoms with Gasteiger partial charge in [-0.15, -0.1) is 0 Å². The average Bonchev–Trinajstić information content (AvgIpc) is 2.88. The van der Waals surface area contributed by atoms with E-state index in [1.807, 2.05) is 0 Å². The van der Waals surface area contributed by atoms with Crippen LogP contribution in [0.4, 0.5) is 11.4 Å². The Hall–Kier alpha value is -2.38. The summed E-state index contributed by atoms with van der Waals surface area (Å²) in [7, 11) is 3.48.